The van der Waals surface area contributed by atoms with Crippen LogP contribution in [0, 0.1) is 0 Å². The normalized spacial score (nSPS) is 13.7. The number of benzene rings is 2. The fourth-order valence-corrected chi connectivity index (χ4v) is 3.70. The zero-order valence-corrected chi connectivity index (χ0v) is 18.7. The molecule has 0 fully saturated rings. The van der Waals surface area contributed by atoms with Crippen LogP contribution in [0.1, 0.15) is 21.5 Å². The van der Waals surface area contributed by atoms with E-state index in [1.165, 1.54) is 5.01 Å². The van der Waals surface area contributed by atoms with Gasteiger partial charge < -0.3 is 9.47 Å². The van der Waals surface area contributed by atoms with Crippen molar-refractivity contribution in [2.24, 2.45) is 0 Å². The van der Waals surface area contributed by atoms with E-state index in [9.17, 15) is 9.59 Å². The van der Waals surface area contributed by atoms with E-state index in [2.05, 4.69) is 30.4 Å². The van der Waals surface area contributed by atoms with Gasteiger partial charge in [0.2, 0.25) is 0 Å². The third-order valence-corrected chi connectivity index (χ3v) is 6.42. The molecule has 2 amide bonds. The molecule has 0 spiro atoms. The highest BCUT2D eigenvalue weighted by Crippen LogP contribution is 2.21. The highest BCUT2D eigenvalue weighted by Gasteiger charge is 2.25. The maximum absolute atomic E-state index is 12.7. The van der Waals surface area contributed by atoms with Crippen LogP contribution < -0.4 is 10.7 Å². The second kappa shape index (κ2) is 9.88. The fourth-order valence-electron chi connectivity index (χ4n) is 2.94. The number of ether oxygens (including phenoxy) is 2. The minimum atomic E-state index is -1.16. The summed E-state index contributed by atoms with van der Waals surface area (Å²) >= 11 is 0. The van der Waals surface area contributed by atoms with Gasteiger partial charge in [-0.25, -0.2) is 15.2 Å². The van der Waals surface area contributed by atoms with Crippen LogP contribution in [0.5, 0.6) is 0 Å². The van der Waals surface area contributed by atoms with Gasteiger partial charge in [-0.15, -0.1) is 0 Å². The smallest absolute Gasteiger partial charge is 0.411 e. The van der Waals surface area contributed by atoms with Crippen molar-refractivity contribution in [1.29, 1.82) is 0 Å². The average Bonchev–Trinajstić information content (AvgIpc) is 2.71. The molecule has 8 heteroatoms. The van der Waals surface area contributed by atoms with Crippen LogP contribution in [-0.4, -0.2) is 38.4 Å². The van der Waals surface area contributed by atoms with Crippen LogP contribution in [0.2, 0.25) is 25.7 Å². The summed E-state index contributed by atoms with van der Waals surface area (Å²) in [5, 5.41) is 4.20. The third-order valence-electron chi connectivity index (χ3n) is 4.72. The largest absolute Gasteiger partial charge is 0.444 e. The number of hydrazine groups is 1. The van der Waals surface area contributed by atoms with Crippen LogP contribution in [0.15, 0.2) is 48.5 Å². The molecular formula is C22H29N3O4Si. The number of hydrogen-bond acceptors (Lipinski definition) is 5. The fraction of sp³-hybridized carbons (Fsp3) is 0.364. The standard InChI is InChI=1S/C22H29N3O4Si/c1-30(2,3)12-11-28-16-25-21(26)20-10-9-19(13-18(20)14-23-25)24-22(27)29-15-17-7-5-4-6-8-17/h4-10,13,23H,11-12,14-16H2,1-3H3,(H,24,27). The van der Waals surface area contributed by atoms with Crippen LogP contribution in [0.25, 0.3) is 0 Å². The summed E-state index contributed by atoms with van der Waals surface area (Å²) in [7, 11) is -1.16. The highest BCUT2D eigenvalue weighted by molar-refractivity contribution is 6.76. The minimum absolute atomic E-state index is 0.137. The van der Waals surface area contributed by atoms with Gasteiger partial charge in [-0.05, 0) is 35.4 Å². The first-order valence-corrected chi connectivity index (χ1v) is 13.8. The van der Waals surface area contributed by atoms with Crippen molar-refractivity contribution in [3.8, 4) is 0 Å². The van der Waals surface area contributed by atoms with E-state index in [-0.39, 0.29) is 19.2 Å². The van der Waals surface area contributed by atoms with Gasteiger partial charge in [0.25, 0.3) is 5.91 Å². The van der Waals surface area contributed by atoms with Crippen molar-refractivity contribution >= 4 is 25.8 Å². The summed E-state index contributed by atoms with van der Waals surface area (Å²) in [6, 6.07) is 15.8. The van der Waals surface area contributed by atoms with Crippen molar-refractivity contribution in [2.45, 2.75) is 38.8 Å². The molecule has 0 aliphatic carbocycles. The lowest BCUT2D eigenvalue weighted by Gasteiger charge is -2.29. The van der Waals surface area contributed by atoms with Crippen molar-refractivity contribution in [2.75, 3.05) is 18.7 Å². The average molecular weight is 428 g/mol. The molecule has 0 radical (unpaired) electrons. The van der Waals surface area contributed by atoms with E-state index >= 15 is 0 Å². The topological polar surface area (TPSA) is 79.9 Å². The first kappa shape index (κ1) is 22.0. The zero-order valence-electron chi connectivity index (χ0n) is 17.7. The molecule has 0 bridgehead atoms. The third kappa shape index (κ3) is 6.41. The van der Waals surface area contributed by atoms with E-state index in [4.69, 9.17) is 9.47 Å². The Hall–Kier alpha value is -2.68. The number of amides is 2. The molecule has 2 aromatic carbocycles. The Labute approximate surface area is 178 Å². The molecule has 0 saturated carbocycles. The molecule has 7 nitrogen and oxygen atoms in total. The lowest BCUT2D eigenvalue weighted by molar-refractivity contribution is 0.00348. The molecule has 30 heavy (non-hydrogen) atoms. The molecule has 1 heterocycles. The first-order valence-electron chi connectivity index (χ1n) is 10.1. The number of carbonyl (C=O) groups is 2. The van der Waals surface area contributed by atoms with Gasteiger partial charge in [-0.3, -0.25) is 10.1 Å². The van der Waals surface area contributed by atoms with E-state index in [0.717, 1.165) is 17.2 Å². The van der Waals surface area contributed by atoms with Crippen molar-refractivity contribution < 1.29 is 19.1 Å². The number of nitrogens with one attached hydrogen (secondary N) is 2. The molecule has 1 aliphatic heterocycles. The number of carbonyl (C=O) groups excluding carboxylic acids is 2. The van der Waals surface area contributed by atoms with Crippen LogP contribution >= 0.6 is 0 Å². The Kier molecular flexibility index (Phi) is 7.25. The van der Waals surface area contributed by atoms with E-state index < -0.39 is 14.2 Å². The number of fused-ring (bicyclic) bond motifs is 1. The molecular weight excluding hydrogens is 398 g/mol. The summed E-state index contributed by atoms with van der Waals surface area (Å²) in [5.41, 5.74) is 6.00. The van der Waals surface area contributed by atoms with Gasteiger partial charge in [0.05, 0.1) is 0 Å². The molecule has 0 aromatic heterocycles. The summed E-state index contributed by atoms with van der Waals surface area (Å²) in [6.07, 6.45) is -0.536. The van der Waals surface area contributed by atoms with Gasteiger partial charge in [0.15, 0.2) is 0 Å². The Morgan fingerprint density at radius 2 is 1.93 bits per heavy atom. The highest BCUT2D eigenvalue weighted by atomic mass is 28.3. The molecule has 3 rings (SSSR count). The van der Waals surface area contributed by atoms with Crippen LogP contribution in [-0.2, 0) is 22.6 Å². The summed E-state index contributed by atoms with van der Waals surface area (Å²) < 4.78 is 10.9. The molecule has 0 atom stereocenters. The van der Waals surface area contributed by atoms with E-state index in [1.54, 1.807) is 18.2 Å². The van der Waals surface area contributed by atoms with Crippen molar-refractivity contribution in [1.82, 2.24) is 10.4 Å². The zero-order chi connectivity index (χ0) is 21.6. The lowest BCUT2D eigenvalue weighted by Crippen LogP contribution is -2.47. The number of rotatable bonds is 8. The van der Waals surface area contributed by atoms with Gasteiger partial charge >= 0.3 is 6.09 Å². The molecule has 0 saturated heterocycles. The molecule has 2 N–H and O–H groups in total. The van der Waals surface area contributed by atoms with Crippen LogP contribution in [0.4, 0.5) is 10.5 Å². The Morgan fingerprint density at radius 3 is 2.67 bits per heavy atom. The predicted octanol–water partition coefficient (Wildman–Crippen LogP) is 4.21. The second-order valence-corrected chi connectivity index (χ2v) is 14.1. The molecule has 160 valence electrons. The van der Waals surface area contributed by atoms with Crippen LogP contribution in [0.3, 0.4) is 0 Å². The monoisotopic (exact) mass is 427 g/mol. The molecule has 0 unspecified atom stereocenters. The van der Waals surface area contributed by atoms with E-state index in [0.29, 0.717) is 24.4 Å². The maximum Gasteiger partial charge on any atom is 0.411 e. The number of nitrogens with zero attached hydrogens (tertiary/aromatic N) is 1. The van der Waals surface area contributed by atoms with Gasteiger partial charge in [-0.2, -0.15) is 0 Å². The second-order valence-electron chi connectivity index (χ2n) is 8.47. The summed E-state index contributed by atoms with van der Waals surface area (Å²) in [5.74, 6) is -0.137. The van der Waals surface area contributed by atoms with Crippen molar-refractivity contribution in [3.05, 3.63) is 65.2 Å². The van der Waals surface area contributed by atoms with Gasteiger partial charge in [-0.1, -0.05) is 50.0 Å². The minimum Gasteiger partial charge on any atom is -0.444 e. The Balaban J connectivity index is 1.51. The predicted molar refractivity (Wildman–Crippen MR) is 119 cm³/mol. The maximum atomic E-state index is 12.7. The van der Waals surface area contributed by atoms with E-state index in [1.807, 2.05) is 30.3 Å². The summed E-state index contributed by atoms with van der Waals surface area (Å²) in [4.78, 5) is 24.7. The van der Waals surface area contributed by atoms with Gasteiger partial charge in [0, 0.05) is 32.5 Å². The Bertz CT molecular complexity index is 884. The van der Waals surface area contributed by atoms with Gasteiger partial charge in [0.1, 0.15) is 13.3 Å². The number of anilines is 1. The van der Waals surface area contributed by atoms with Crippen molar-refractivity contribution in [3.63, 3.8) is 0 Å². The SMILES string of the molecule is C[Si](C)(C)CCOCN1NCc2cc(NC(=O)OCc3ccccc3)ccc2C1=O. The summed E-state index contributed by atoms with van der Waals surface area (Å²) in [6.45, 7) is 8.42. The molecule has 2 aromatic rings. The number of hydrogen-bond donors (Lipinski definition) is 2. The lowest BCUT2D eigenvalue weighted by atomic mass is 10.0. The molecule has 1 aliphatic rings. The first-order chi connectivity index (χ1) is 14.3. The Morgan fingerprint density at radius 1 is 1.17 bits per heavy atom. The quantitative estimate of drug-likeness (QED) is 0.487.